The molecule has 1 N–H and O–H groups in total. The Kier molecular flexibility index (Phi) is 6.03. The predicted octanol–water partition coefficient (Wildman–Crippen LogP) is 5.63. The highest BCUT2D eigenvalue weighted by Gasteiger charge is 2.28. The number of likely N-dealkylation sites (N-methyl/N-ethyl adjacent to an activating group) is 1. The molecule has 0 saturated heterocycles. The summed E-state index contributed by atoms with van der Waals surface area (Å²) in [5.41, 5.74) is 4.26. The predicted molar refractivity (Wildman–Crippen MR) is 121 cm³/mol. The fourth-order valence-electron chi connectivity index (χ4n) is 3.86. The van der Waals surface area contributed by atoms with Crippen molar-refractivity contribution in [1.82, 2.24) is 9.88 Å². The summed E-state index contributed by atoms with van der Waals surface area (Å²) in [6, 6.07) is 21.8. The van der Waals surface area contributed by atoms with E-state index in [4.69, 9.17) is 4.74 Å². The number of benzene rings is 3. The minimum Gasteiger partial charge on any atom is -0.484 e. The van der Waals surface area contributed by atoms with E-state index in [1.807, 2.05) is 43.1 Å². The zero-order valence-corrected chi connectivity index (χ0v) is 17.6. The van der Waals surface area contributed by atoms with E-state index in [-0.39, 0.29) is 24.4 Å². The van der Waals surface area contributed by atoms with Gasteiger partial charge in [0, 0.05) is 29.2 Å². The third-order valence-electron chi connectivity index (χ3n) is 5.46. The molecule has 3 aromatic carbocycles. The van der Waals surface area contributed by atoms with Crippen molar-refractivity contribution in [3.05, 3.63) is 102 Å². The van der Waals surface area contributed by atoms with Crippen LogP contribution in [0.4, 0.5) is 4.39 Å². The molecule has 1 aromatic heterocycles. The van der Waals surface area contributed by atoms with Gasteiger partial charge in [0.15, 0.2) is 6.61 Å². The summed E-state index contributed by atoms with van der Waals surface area (Å²) in [4.78, 5) is 18.4. The number of H-pyrrole nitrogens is 1. The number of ether oxygens (including phenoxy) is 1. The van der Waals surface area contributed by atoms with E-state index in [0.29, 0.717) is 12.3 Å². The van der Waals surface area contributed by atoms with Gasteiger partial charge in [0.25, 0.3) is 5.91 Å². The van der Waals surface area contributed by atoms with Gasteiger partial charge in [0.05, 0.1) is 6.04 Å². The van der Waals surface area contributed by atoms with Gasteiger partial charge in [-0.05, 0) is 49.7 Å². The summed E-state index contributed by atoms with van der Waals surface area (Å²) in [6.07, 6.45) is 1.98. The fraction of sp³-hybridized carbons (Fsp3) is 0.192. The molecule has 5 heteroatoms. The molecule has 0 aliphatic heterocycles. The van der Waals surface area contributed by atoms with Crippen LogP contribution in [0.2, 0.25) is 0 Å². The Balaban J connectivity index is 1.67. The van der Waals surface area contributed by atoms with Crippen molar-refractivity contribution in [3.63, 3.8) is 0 Å². The molecule has 1 atom stereocenters. The van der Waals surface area contributed by atoms with Gasteiger partial charge in [-0.25, -0.2) is 4.39 Å². The molecule has 4 aromatic rings. The Morgan fingerprint density at radius 3 is 2.45 bits per heavy atom. The molecular formula is C26H25FN2O2. The first-order valence-electron chi connectivity index (χ1n) is 10.4. The number of carbonyl (C=O) groups excluding carboxylic acids is 1. The van der Waals surface area contributed by atoms with Crippen LogP contribution in [-0.2, 0) is 4.79 Å². The van der Waals surface area contributed by atoms with Crippen molar-refractivity contribution in [2.45, 2.75) is 19.9 Å². The van der Waals surface area contributed by atoms with Crippen LogP contribution >= 0.6 is 0 Å². The van der Waals surface area contributed by atoms with Crippen LogP contribution in [0, 0.1) is 12.7 Å². The number of hydrogen-bond donors (Lipinski definition) is 1. The summed E-state index contributed by atoms with van der Waals surface area (Å²) in [6.45, 7) is 4.41. The highest BCUT2D eigenvalue weighted by Crippen LogP contribution is 2.34. The molecule has 1 heterocycles. The van der Waals surface area contributed by atoms with Crippen molar-refractivity contribution in [2.24, 2.45) is 0 Å². The standard InChI is InChI=1S/C26H25FN2O2/c1-3-29(25(30)17-31-21-14-12-20(27)13-15-21)26(19-10-8-18(2)9-11-19)23-16-28-24-7-5-4-6-22(23)24/h4-16,26,28H,3,17H2,1-2H3/t26-/m0/s1. The van der Waals surface area contributed by atoms with Crippen LogP contribution in [0.3, 0.4) is 0 Å². The molecule has 0 aliphatic rings. The Hall–Kier alpha value is -3.60. The summed E-state index contributed by atoms with van der Waals surface area (Å²) >= 11 is 0. The van der Waals surface area contributed by atoms with Gasteiger partial charge in [-0.1, -0.05) is 48.0 Å². The van der Waals surface area contributed by atoms with Gasteiger partial charge in [-0.2, -0.15) is 0 Å². The smallest absolute Gasteiger partial charge is 0.261 e. The van der Waals surface area contributed by atoms with Gasteiger partial charge < -0.3 is 14.6 Å². The maximum atomic E-state index is 13.2. The van der Waals surface area contributed by atoms with Crippen molar-refractivity contribution < 1.29 is 13.9 Å². The van der Waals surface area contributed by atoms with Gasteiger partial charge in [-0.15, -0.1) is 0 Å². The number of carbonyl (C=O) groups is 1. The first kappa shape index (κ1) is 20.7. The highest BCUT2D eigenvalue weighted by atomic mass is 19.1. The van der Waals surface area contributed by atoms with Crippen molar-refractivity contribution in [3.8, 4) is 5.75 Å². The zero-order valence-electron chi connectivity index (χ0n) is 17.6. The van der Waals surface area contributed by atoms with Crippen molar-refractivity contribution >= 4 is 16.8 Å². The van der Waals surface area contributed by atoms with Crippen LogP contribution in [0.1, 0.15) is 29.7 Å². The van der Waals surface area contributed by atoms with E-state index in [2.05, 4.69) is 35.3 Å². The molecule has 158 valence electrons. The number of aromatic amines is 1. The first-order valence-corrected chi connectivity index (χ1v) is 10.4. The molecule has 0 unspecified atom stereocenters. The monoisotopic (exact) mass is 416 g/mol. The van der Waals surface area contributed by atoms with E-state index >= 15 is 0 Å². The van der Waals surface area contributed by atoms with E-state index in [0.717, 1.165) is 27.6 Å². The topological polar surface area (TPSA) is 45.3 Å². The molecule has 0 radical (unpaired) electrons. The third-order valence-corrected chi connectivity index (χ3v) is 5.46. The fourth-order valence-corrected chi connectivity index (χ4v) is 3.86. The number of halogens is 1. The average Bonchev–Trinajstić information content (AvgIpc) is 3.21. The van der Waals surface area contributed by atoms with Crippen LogP contribution < -0.4 is 4.74 Å². The number of amides is 1. The summed E-state index contributed by atoms with van der Waals surface area (Å²) in [7, 11) is 0. The Morgan fingerprint density at radius 1 is 1.03 bits per heavy atom. The number of aromatic nitrogens is 1. The van der Waals surface area contributed by atoms with Gasteiger partial charge in [0.1, 0.15) is 11.6 Å². The van der Waals surface area contributed by atoms with Crippen molar-refractivity contribution in [1.29, 1.82) is 0 Å². The van der Waals surface area contributed by atoms with Crippen LogP contribution in [-0.4, -0.2) is 28.9 Å². The maximum Gasteiger partial charge on any atom is 0.261 e. The first-order chi connectivity index (χ1) is 15.1. The molecule has 0 saturated carbocycles. The van der Waals surface area contributed by atoms with Crippen LogP contribution in [0.5, 0.6) is 5.75 Å². The second-order valence-electron chi connectivity index (χ2n) is 7.53. The van der Waals surface area contributed by atoms with Crippen LogP contribution in [0.15, 0.2) is 79.0 Å². The molecule has 0 bridgehead atoms. The number of nitrogens with one attached hydrogen (secondary N) is 1. The van der Waals surface area contributed by atoms with E-state index in [1.165, 1.54) is 24.3 Å². The highest BCUT2D eigenvalue weighted by molar-refractivity contribution is 5.86. The lowest BCUT2D eigenvalue weighted by molar-refractivity contribution is -0.134. The number of rotatable bonds is 7. The number of fused-ring (bicyclic) bond motifs is 1. The molecule has 4 rings (SSSR count). The second kappa shape index (κ2) is 9.04. The lowest BCUT2D eigenvalue weighted by Crippen LogP contribution is -2.38. The Labute approximate surface area is 181 Å². The largest absolute Gasteiger partial charge is 0.484 e. The van der Waals surface area contributed by atoms with Gasteiger partial charge in [0.2, 0.25) is 0 Å². The SMILES string of the molecule is CCN(C(=O)COc1ccc(F)cc1)[C@@H](c1ccc(C)cc1)c1c[nH]c2ccccc12. The summed E-state index contributed by atoms with van der Waals surface area (Å²) in [5.74, 6) is -0.0138. The third kappa shape index (κ3) is 4.45. The lowest BCUT2D eigenvalue weighted by Gasteiger charge is -2.31. The molecule has 0 aliphatic carbocycles. The van der Waals surface area contributed by atoms with E-state index < -0.39 is 0 Å². The van der Waals surface area contributed by atoms with Crippen LogP contribution in [0.25, 0.3) is 10.9 Å². The maximum absolute atomic E-state index is 13.2. The molecule has 31 heavy (non-hydrogen) atoms. The van der Waals surface area contributed by atoms with E-state index in [1.54, 1.807) is 0 Å². The number of para-hydroxylation sites is 1. The quantitative estimate of drug-likeness (QED) is 0.424. The summed E-state index contributed by atoms with van der Waals surface area (Å²) < 4.78 is 18.8. The van der Waals surface area contributed by atoms with E-state index in [9.17, 15) is 9.18 Å². The average molecular weight is 416 g/mol. The molecular weight excluding hydrogens is 391 g/mol. The van der Waals surface area contributed by atoms with Gasteiger partial charge in [-0.3, -0.25) is 4.79 Å². The number of nitrogens with zero attached hydrogens (tertiary/aromatic N) is 1. The molecule has 0 fully saturated rings. The normalized spacial score (nSPS) is 12.0. The Morgan fingerprint density at radius 2 is 1.74 bits per heavy atom. The second-order valence-corrected chi connectivity index (χ2v) is 7.53. The lowest BCUT2D eigenvalue weighted by atomic mass is 9.95. The molecule has 4 nitrogen and oxygen atoms in total. The Bertz CT molecular complexity index is 1170. The zero-order chi connectivity index (χ0) is 21.8. The molecule has 0 spiro atoms. The molecule has 1 amide bonds. The number of hydrogen-bond acceptors (Lipinski definition) is 2. The van der Waals surface area contributed by atoms with Gasteiger partial charge >= 0.3 is 0 Å². The summed E-state index contributed by atoms with van der Waals surface area (Å²) in [5, 5.41) is 1.08. The minimum atomic E-state index is -0.340. The van der Waals surface area contributed by atoms with Crippen molar-refractivity contribution in [2.75, 3.05) is 13.2 Å². The minimum absolute atomic E-state index is 0.121. The number of aryl methyl sites for hydroxylation is 1.